The van der Waals surface area contributed by atoms with Crippen LogP contribution >= 0.6 is 0 Å². The van der Waals surface area contributed by atoms with Crippen molar-refractivity contribution in [3.8, 4) is 11.1 Å². The summed E-state index contributed by atoms with van der Waals surface area (Å²) in [6.45, 7) is 5.05. The monoisotopic (exact) mass is 293 g/mol. The molecule has 0 spiro atoms. The minimum Gasteiger partial charge on any atom is -0.310 e. The molecule has 112 valence electrons. The van der Waals surface area contributed by atoms with Gasteiger partial charge >= 0.3 is 0 Å². The zero-order valence-electron chi connectivity index (χ0n) is 12.1. The minimum atomic E-state index is -1.18. The SMILES string of the molecule is CCCNC(C)c1ccc(-c2cc(F)c(F)cc2F)cc1. The van der Waals surface area contributed by atoms with Gasteiger partial charge in [0.05, 0.1) is 0 Å². The Kier molecular flexibility index (Phi) is 5.02. The van der Waals surface area contributed by atoms with Gasteiger partial charge in [0.25, 0.3) is 0 Å². The van der Waals surface area contributed by atoms with Gasteiger partial charge in [0.1, 0.15) is 5.82 Å². The number of rotatable bonds is 5. The van der Waals surface area contributed by atoms with Gasteiger partial charge in [0.2, 0.25) is 0 Å². The van der Waals surface area contributed by atoms with Crippen molar-refractivity contribution in [2.45, 2.75) is 26.3 Å². The van der Waals surface area contributed by atoms with E-state index in [9.17, 15) is 13.2 Å². The van der Waals surface area contributed by atoms with Crippen molar-refractivity contribution in [2.75, 3.05) is 6.54 Å². The molecular formula is C17H18F3N. The lowest BCUT2D eigenvalue weighted by atomic mass is 10.0. The van der Waals surface area contributed by atoms with Gasteiger partial charge in [-0.1, -0.05) is 31.2 Å². The second-order valence-corrected chi connectivity index (χ2v) is 5.04. The largest absolute Gasteiger partial charge is 0.310 e. The van der Waals surface area contributed by atoms with E-state index in [-0.39, 0.29) is 11.6 Å². The summed E-state index contributed by atoms with van der Waals surface area (Å²) in [4.78, 5) is 0. The molecule has 0 aliphatic heterocycles. The number of hydrogen-bond donors (Lipinski definition) is 1. The van der Waals surface area contributed by atoms with Gasteiger partial charge in [-0.3, -0.25) is 0 Å². The first-order valence-corrected chi connectivity index (χ1v) is 7.01. The highest BCUT2D eigenvalue weighted by Gasteiger charge is 2.12. The fourth-order valence-electron chi connectivity index (χ4n) is 2.17. The Balaban J connectivity index is 2.25. The van der Waals surface area contributed by atoms with Crippen LogP contribution in [-0.2, 0) is 0 Å². The zero-order valence-corrected chi connectivity index (χ0v) is 12.1. The number of hydrogen-bond acceptors (Lipinski definition) is 1. The summed E-state index contributed by atoms with van der Waals surface area (Å²) >= 11 is 0. The van der Waals surface area contributed by atoms with Gasteiger partial charge in [-0.2, -0.15) is 0 Å². The lowest BCUT2D eigenvalue weighted by Crippen LogP contribution is -2.19. The topological polar surface area (TPSA) is 12.0 Å². The zero-order chi connectivity index (χ0) is 15.4. The highest BCUT2D eigenvalue weighted by Crippen LogP contribution is 2.26. The van der Waals surface area contributed by atoms with Crippen LogP contribution in [0, 0.1) is 17.5 Å². The molecule has 0 heterocycles. The van der Waals surface area contributed by atoms with E-state index in [4.69, 9.17) is 0 Å². The molecule has 1 N–H and O–H groups in total. The highest BCUT2D eigenvalue weighted by atomic mass is 19.2. The van der Waals surface area contributed by atoms with E-state index < -0.39 is 17.5 Å². The summed E-state index contributed by atoms with van der Waals surface area (Å²) in [6.07, 6.45) is 1.04. The fraction of sp³-hybridized carbons (Fsp3) is 0.294. The predicted molar refractivity (Wildman–Crippen MR) is 78.5 cm³/mol. The summed E-state index contributed by atoms with van der Waals surface area (Å²) in [5.41, 5.74) is 1.66. The Morgan fingerprint density at radius 3 is 2.19 bits per heavy atom. The average molecular weight is 293 g/mol. The van der Waals surface area contributed by atoms with Gasteiger partial charge in [0, 0.05) is 17.7 Å². The van der Waals surface area contributed by atoms with Crippen molar-refractivity contribution in [3.05, 3.63) is 59.4 Å². The molecule has 1 unspecified atom stereocenters. The summed E-state index contributed by atoms with van der Waals surface area (Å²) < 4.78 is 39.9. The van der Waals surface area contributed by atoms with E-state index in [1.807, 2.05) is 19.1 Å². The van der Waals surface area contributed by atoms with Gasteiger partial charge in [-0.15, -0.1) is 0 Å². The number of nitrogens with one attached hydrogen (secondary N) is 1. The number of halogens is 3. The quantitative estimate of drug-likeness (QED) is 0.778. The summed E-state index contributed by atoms with van der Waals surface area (Å²) in [5, 5.41) is 3.35. The van der Waals surface area contributed by atoms with E-state index in [1.54, 1.807) is 12.1 Å². The second-order valence-electron chi connectivity index (χ2n) is 5.04. The van der Waals surface area contributed by atoms with Crippen LogP contribution < -0.4 is 5.32 Å². The lowest BCUT2D eigenvalue weighted by molar-refractivity contribution is 0.496. The van der Waals surface area contributed by atoms with E-state index in [0.717, 1.165) is 24.6 Å². The molecule has 0 bridgehead atoms. The van der Waals surface area contributed by atoms with Crippen LogP contribution in [0.3, 0.4) is 0 Å². The first kappa shape index (κ1) is 15.6. The molecule has 4 heteroatoms. The third-order valence-electron chi connectivity index (χ3n) is 3.43. The molecule has 0 aliphatic rings. The molecule has 21 heavy (non-hydrogen) atoms. The Bertz CT molecular complexity index is 608. The standard InChI is InChI=1S/C17H18F3N/c1-3-8-21-11(2)12-4-6-13(7-5-12)14-9-16(19)17(20)10-15(14)18/h4-7,9-11,21H,3,8H2,1-2H3. The second kappa shape index (κ2) is 6.76. The van der Waals surface area contributed by atoms with Gasteiger partial charge in [-0.05, 0) is 37.1 Å². The van der Waals surface area contributed by atoms with Crippen LogP contribution in [0.25, 0.3) is 11.1 Å². The predicted octanol–water partition coefficient (Wildman–Crippen LogP) is 4.83. The molecule has 1 nitrogen and oxygen atoms in total. The van der Waals surface area contributed by atoms with Gasteiger partial charge in [0.15, 0.2) is 11.6 Å². The molecule has 2 rings (SSSR count). The Hall–Kier alpha value is -1.81. The van der Waals surface area contributed by atoms with Gasteiger partial charge < -0.3 is 5.32 Å². The molecule has 0 radical (unpaired) electrons. The van der Waals surface area contributed by atoms with Crippen LogP contribution in [0.2, 0.25) is 0 Å². The molecule has 0 amide bonds. The molecule has 0 saturated heterocycles. The first-order valence-electron chi connectivity index (χ1n) is 7.01. The molecule has 0 aromatic heterocycles. The summed E-state index contributed by atoms with van der Waals surface area (Å²) in [5.74, 6) is -2.99. The molecule has 2 aromatic carbocycles. The molecule has 0 saturated carbocycles. The van der Waals surface area contributed by atoms with Crippen molar-refractivity contribution in [2.24, 2.45) is 0 Å². The van der Waals surface area contributed by atoms with Crippen molar-refractivity contribution in [1.82, 2.24) is 5.32 Å². The normalized spacial score (nSPS) is 12.4. The first-order chi connectivity index (χ1) is 10.0. The maximum absolute atomic E-state index is 13.7. The molecule has 2 aromatic rings. The average Bonchev–Trinajstić information content (AvgIpc) is 2.48. The summed E-state index contributed by atoms with van der Waals surface area (Å²) in [6, 6.07) is 8.81. The van der Waals surface area contributed by atoms with Crippen molar-refractivity contribution in [3.63, 3.8) is 0 Å². The van der Waals surface area contributed by atoms with Crippen molar-refractivity contribution >= 4 is 0 Å². The molecule has 0 fully saturated rings. The number of benzene rings is 2. The van der Waals surface area contributed by atoms with Crippen molar-refractivity contribution < 1.29 is 13.2 Å². The Labute approximate surface area is 122 Å². The third-order valence-corrected chi connectivity index (χ3v) is 3.43. The van der Waals surface area contributed by atoms with E-state index in [2.05, 4.69) is 12.2 Å². The Morgan fingerprint density at radius 2 is 1.57 bits per heavy atom. The minimum absolute atomic E-state index is 0.0645. The molecule has 1 atom stereocenters. The van der Waals surface area contributed by atoms with E-state index in [0.29, 0.717) is 11.6 Å². The Morgan fingerprint density at radius 1 is 0.952 bits per heavy atom. The highest BCUT2D eigenvalue weighted by molar-refractivity contribution is 5.64. The van der Waals surface area contributed by atoms with Crippen LogP contribution in [0.5, 0.6) is 0 Å². The molecular weight excluding hydrogens is 275 g/mol. The van der Waals surface area contributed by atoms with Gasteiger partial charge in [-0.25, -0.2) is 13.2 Å². The lowest BCUT2D eigenvalue weighted by Gasteiger charge is -2.14. The van der Waals surface area contributed by atoms with Crippen LogP contribution in [-0.4, -0.2) is 6.54 Å². The maximum Gasteiger partial charge on any atom is 0.161 e. The summed E-state index contributed by atoms with van der Waals surface area (Å²) in [7, 11) is 0. The van der Waals surface area contributed by atoms with Crippen LogP contribution in [0.4, 0.5) is 13.2 Å². The molecule has 0 aliphatic carbocycles. The smallest absolute Gasteiger partial charge is 0.161 e. The third kappa shape index (κ3) is 3.64. The van der Waals surface area contributed by atoms with Crippen LogP contribution in [0.1, 0.15) is 31.9 Å². The van der Waals surface area contributed by atoms with Crippen LogP contribution in [0.15, 0.2) is 36.4 Å². The van der Waals surface area contributed by atoms with Crippen molar-refractivity contribution in [1.29, 1.82) is 0 Å². The fourth-order valence-corrected chi connectivity index (χ4v) is 2.17. The van der Waals surface area contributed by atoms with E-state index in [1.165, 1.54) is 0 Å². The maximum atomic E-state index is 13.7. The van der Waals surface area contributed by atoms with E-state index >= 15 is 0 Å².